The molecule has 1 amide bonds. The molecule has 1 aromatic carbocycles. The highest BCUT2D eigenvalue weighted by Gasteiger charge is 2.43. The average Bonchev–Trinajstić information content (AvgIpc) is 3.09. The van der Waals surface area contributed by atoms with E-state index >= 15 is 0 Å². The third-order valence-corrected chi connectivity index (χ3v) is 5.87. The molecular weight excluding hydrogens is 314 g/mol. The molecule has 134 valence electrons. The third-order valence-electron chi connectivity index (χ3n) is 5.87. The lowest BCUT2D eigenvalue weighted by molar-refractivity contribution is -0.137. The molecular formula is C20H27N3O2. The maximum atomic E-state index is 13.0. The van der Waals surface area contributed by atoms with Gasteiger partial charge in [-0.2, -0.15) is 0 Å². The van der Waals surface area contributed by atoms with Crippen molar-refractivity contribution < 1.29 is 9.53 Å². The van der Waals surface area contributed by atoms with Crippen LogP contribution in [0, 0.1) is 11.8 Å². The number of nitrogens with zero attached hydrogens (tertiary/aromatic N) is 3. The summed E-state index contributed by atoms with van der Waals surface area (Å²) in [5, 5.41) is 0. The van der Waals surface area contributed by atoms with Crippen molar-refractivity contribution in [2.24, 2.45) is 11.8 Å². The maximum Gasteiger partial charge on any atom is 0.242 e. The van der Waals surface area contributed by atoms with E-state index in [1.54, 1.807) is 7.11 Å². The van der Waals surface area contributed by atoms with Crippen LogP contribution in [0.3, 0.4) is 0 Å². The van der Waals surface area contributed by atoms with Gasteiger partial charge < -0.3 is 14.2 Å². The molecule has 3 atom stereocenters. The first-order valence-electron chi connectivity index (χ1n) is 9.34. The number of imidazole rings is 1. The molecule has 1 aliphatic carbocycles. The zero-order valence-electron chi connectivity index (χ0n) is 15.3. The molecule has 1 unspecified atom stereocenters. The van der Waals surface area contributed by atoms with Gasteiger partial charge in [-0.15, -0.1) is 0 Å². The monoisotopic (exact) mass is 341 g/mol. The Morgan fingerprint density at radius 3 is 2.56 bits per heavy atom. The fraction of sp³-hybridized carbons (Fsp3) is 0.600. The number of carbonyl (C=O) groups excluding carboxylic acids is 1. The van der Waals surface area contributed by atoms with Crippen LogP contribution in [0.2, 0.25) is 0 Å². The predicted molar refractivity (Wildman–Crippen MR) is 97.4 cm³/mol. The molecule has 2 aliphatic rings. The Kier molecular flexibility index (Phi) is 4.28. The van der Waals surface area contributed by atoms with Crippen molar-refractivity contribution in [3.8, 4) is 0 Å². The summed E-state index contributed by atoms with van der Waals surface area (Å²) >= 11 is 0. The fourth-order valence-corrected chi connectivity index (χ4v) is 4.70. The average molecular weight is 341 g/mol. The number of fused-ring (bicyclic) bond motifs is 3. The van der Waals surface area contributed by atoms with Crippen molar-refractivity contribution >= 4 is 16.9 Å². The lowest BCUT2D eigenvalue weighted by atomic mass is 9.95. The van der Waals surface area contributed by atoms with Gasteiger partial charge in [-0.25, -0.2) is 4.98 Å². The van der Waals surface area contributed by atoms with Crippen LogP contribution >= 0.6 is 0 Å². The topological polar surface area (TPSA) is 47.4 Å². The molecule has 2 fully saturated rings. The van der Waals surface area contributed by atoms with Gasteiger partial charge in [0.2, 0.25) is 5.91 Å². The maximum absolute atomic E-state index is 13.0. The first-order chi connectivity index (χ1) is 12.1. The third kappa shape index (κ3) is 2.84. The summed E-state index contributed by atoms with van der Waals surface area (Å²) in [5.74, 6) is 2.48. The fourth-order valence-electron chi connectivity index (χ4n) is 4.70. The second kappa shape index (κ2) is 6.45. The second-order valence-electron chi connectivity index (χ2n) is 7.80. The number of carbonyl (C=O) groups is 1. The molecule has 1 saturated heterocycles. The number of likely N-dealkylation sites (tertiary alicyclic amines) is 1. The first kappa shape index (κ1) is 16.6. The van der Waals surface area contributed by atoms with E-state index < -0.39 is 0 Å². The van der Waals surface area contributed by atoms with Crippen LogP contribution in [0.25, 0.3) is 11.0 Å². The predicted octanol–water partition coefficient (Wildman–Crippen LogP) is 3.04. The standard InChI is InChI=1S/C20H27N3O2/c1-13(2)20-21-16-6-4-5-7-17(16)23(20)12-18(24)22-10-14-8-9-15(11-22)19(14)25-3/h4-7,13-15,19H,8-12H2,1-3H3/t14-,15+,19?. The van der Waals surface area contributed by atoms with Crippen molar-refractivity contribution in [1.82, 2.24) is 14.5 Å². The van der Waals surface area contributed by atoms with Crippen LogP contribution in [0.5, 0.6) is 0 Å². The van der Waals surface area contributed by atoms with Crippen molar-refractivity contribution in [3.05, 3.63) is 30.1 Å². The van der Waals surface area contributed by atoms with Crippen LogP contribution in [-0.2, 0) is 16.1 Å². The minimum Gasteiger partial charge on any atom is -0.381 e. The van der Waals surface area contributed by atoms with E-state index in [1.807, 2.05) is 18.2 Å². The van der Waals surface area contributed by atoms with Gasteiger partial charge in [0.1, 0.15) is 12.4 Å². The number of rotatable bonds is 4. The summed E-state index contributed by atoms with van der Waals surface area (Å²) in [4.78, 5) is 19.8. The molecule has 2 heterocycles. The lowest BCUT2D eigenvalue weighted by Gasteiger charge is -2.37. The van der Waals surface area contributed by atoms with Crippen LogP contribution < -0.4 is 0 Å². The van der Waals surface area contributed by atoms with Gasteiger partial charge in [0.05, 0.1) is 17.1 Å². The molecule has 2 aromatic rings. The van der Waals surface area contributed by atoms with Gasteiger partial charge in [0.15, 0.2) is 0 Å². The van der Waals surface area contributed by atoms with Crippen molar-refractivity contribution in [1.29, 1.82) is 0 Å². The number of hydrogen-bond donors (Lipinski definition) is 0. The zero-order chi connectivity index (χ0) is 17.6. The van der Waals surface area contributed by atoms with Crippen molar-refractivity contribution in [3.63, 3.8) is 0 Å². The van der Waals surface area contributed by atoms with E-state index in [-0.39, 0.29) is 11.8 Å². The van der Waals surface area contributed by atoms with Gasteiger partial charge in [0, 0.05) is 38.0 Å². The Morgan fingerprint density at radius 1 is 1.24 bits per heavy atom. The van der Waals surface area contributed by atoms with E-state index in [9.17, 15) is 4.79 Å². The molecule has 4 rings (SSSR count). The summed E-state index contributed by atoms with van der Waals surface area (Å²) in [7, 11) is 1.81. The van der Waals surface area contributed by atoms with E-state index in [0.717, 1.165) is 29.9 Å². The van der Waals surface area contributed by atoms with E-state index in [2.05, 4.69) is 29.4 Å². The molecule has 1 saturated carbocycles. The van der Waals surface area contributed by atoms with Crippen molar-refractivity contribution in [2.45, 2.75) is 45.3 Å². The molecule has 5 nitrogen and oxygen atoms in total. The quantitative estimate of drug-likeness (QED) is 0.859. The number of hydrogen-bond acceptors (Lipinski definition) is 3. The molecule has 0 radical (unpaired) electrons. The minimum atomic E-state index is 0.205. The van der Waals surface area contributed by atoms with Gasteiger partial charge in [0.25, 0.3) is 0 Å². The van der Waals surface area contributed by atoms with Crippen LogP contribution in [0.1, 0.15) is 38.4 Å². The molecule has 25 heavy (non-hydrogen) atoms. The largest absolute Gasteiger partial charge is 0.381 e. The molecule has 5 heteroatoms. The SMILES string of the molecule is COC1[C@@H]2CC[C@H]1CN(C(=O)Cn1c(C(C)C)nc3ccccc31)C2. The smallest absolute Gasteiger partial charge is 0.242 e. The Hall–Kier alpha value is -1.88. The number of para-hydroxylation sites is 2. The molecule has 1 aliphatic heterocycles. The number of piperidine rings is 1. The first-order valence-corrected chi connectivity index (χ1v) is 9.34. The van der Waals surface area contributed by atoms with Crippen LogP contribution in [0.15, 0.2) is 24.3 Å². The van der Waals surface area contributed by atoms with Crippen LogP contribution in [0.4, 0.5) is 0 Å². The van der Waals surface area contributed by atoms with Gasteiger partial charge in [-0.3, -0.25) is 4.79 Å². The summed E-state index contributed by atoms with van der Waals surface area (Å²) in [5.41, 5.74) is 2.02. The summed E-state index contributed by atoms with van der Waals surface area (Å²) in [6.45, 7) is 6.30. The van der Waals surface area contributed by atoms with E-state index in [1.165, 1.54) is 12.8 Å². The van der Waals surface area contributed by atoms with Crippen molar-refractivity contribution in [2.75, 3.05) is 20.2 Å². The Balaban J connectivity index is 1.57. The number of amides is 1. The summed E-state index contributed by atoms with van der Waals surface area (Å²) < 4.78 is 7.77. The van der Waals surface area contributed by atoms with Gasteiger partial charge in [-0.1, -0.05) is 26.0 Å². The Bertz CT molecular complexity index is 768. The number of ether oxygens (including phenoxy) is 1. The van der Waals surface area contributed by atoms with Crippen LogP contribution in [-0.4, -0.2) is 46.7 Å². The summed E-state index contributed by atoms with van der Waals surface area (Å²) in [6, 6.07) is 8.09. The lowest BCUT2D eigenvalue weighted by Crippen LogP contribution is -2.49. The highest BCUT2D eigenvalue weighted by molar-refractivity contribution is 5.81. The highest BCUT2D eigenvalue weighted by Crippen LogP contribution is 2.38. The number of aromatic nitrogens is 2. The summed E-state index contributed by atoms with van der Waals surface area (Å²) in [6.07, 6.45) is 2.69. The Morgan fingerprint density at radius 2 is 1.92 bits per heavy atom. The molecule has 2 bridgehead atoms. The second-order valence-corrected chi connectivity index (χ2v) is 7.80. The van der Waals surface area contributed by atoms with E-state index in [0.29, 0.717) is 24.5 Å². The number of benzene rings is 1. The normalized spacial score (nSPS) is 25.9. The van der Waals surface area contributed by atoms with Gasteiger partial charge in [-0.05, 0) is 25.0 Å². The minimum absolute atomic E-state index is 0.205. The molecule has 1 aromatic heterocycles. The van der Waals surface area contributed by atoms with Gasteiger partial charge >= 0.3 is 0 Å². The number of methoxy groups -OCH3 is 1. The molecule has 0 N–H and O–H groups in total. The zero-order valence-corrected chi connectivity index (χ0v) is 15.3. The highest BCUT2D eigenvalue weighted by atomic mass is 16.5. The molecule has 0 spiro atoms. The van der Waals surface area contributed by atoms with E-state index in [4.69, 9.17) is 9.72 Å². The Labute approximate surface area is 149 Å².